The summed E-state index contributed by atoms with van der Waals surface area (Å²) in [5, 5.41) is 0. The van der Waals surface area contributed by atoms with E-state index in [0.29, 0.717) is 0 Å². The van der Waals surface area contributed by atoms with Crippen molar-refractivity contribution in [3.8, 4) is 0 Å². The molecule has 1 saturated carbocycles. The van der Waals surface area contributed by atoms with E-state index in [1.165, 1.54) is 25.4 Å². The van der Waals surface area contributed by atoms with Crippen molar-refractivity contribution in [1.82, 2.24) is 0 Å². The van der Waals surface area contributed by atoms with Crippen molar-refractivity contribution in [3.05, 3.63) is 0 Å². The Bertz CT molecular complexity index is 48.1. The number of hydrogen-bond acceptors (Lipinski definition) is 0. The molecule has 0 aromatic carbocycles. The van der Waals surface area contributed by atoms with Gasteiger partial charge in [0.25, 0.3) is 0 Å². The lowest BCUT2D eigenvalue weighted by molar-refractivity contribution is 0.518. The third kappa shape index (κ3) is 1.42. The molecule has 0 heterocycles. The van der Waals surface area contributed by atoms with Gasteiger partial charge in [0.2, 0.25) is 0 Å². The van der Waals surface area contributed by atoms with Crippen LogP contribution < -0.4 is 0 Å². The highest BCUT2D eigenvalue weighted by atomic mass is 31.1. The van der Waals surface area contributed by atoms with Gasteiger partial charge in [-0.3, -0.25) is 0 Å². The third-order valence-electron chi connectivity index (χ3n) is 1.52. The van der Waals surface area contributed by atoms with Crippen molar-refractivity contribution in [2.24, 2.45) is 0 Å². The van der Waals surface area contributed by atoms with Gasteiger partial charge in [0.05, 0.1) is 0 Å². The Balaban J connectivity index is 1.93. The monoisotopic (exact) mass is 115 g/mol. The maximum absolute atomic E-state index is 2.26. The number of hydrogen-bond donors (Lipinski definition) is 0. The minimum atomic E-state index is 1.10. The quantitative estimate of drug-likeness (QED) is 0.485. The van der Waals surface area contributed by atoms with Gasteiger partial charge in [-0.05, 0) is 24.7 Å². The molecule has 0 aliphatic heterocycles. The lowest BCUT2D eigenvalue weighted by Crippen LogP contribution is -2.11. The Morgan fingerprint density at radius 1 is 1.57 bits per heavy atom. The first-order valence-corrected chi connectivity index (χ1v) is 4.25. The highest BCUT2D eigenvalue weighted by molar-refractivity contribution is 7.38. The second-order valence-electron chi connectivity index (χ2n) is 2.08. The summed E-state index contributed by atoms with van der Waals surface area (Å²) in [6, 6.07) is 0. The van der Waals surface area contributed by atoms with Crippen LogP contribution in [0.5, 0.6) is 0 Å². The molecule has 1 heteroatoms. The van der Waals surface area contributed by atoms with E-state index in [0.717, 1.165) is 5.66 Å². The van der Waals surface area contributed by atoms with Gasteiger partial charge in [0, 0.05) is 0 Å². The standard InChI is InChI=1S/C6H12P/c1-2-7-6-4-3-5-6/h6H,2-5H2,1H3. The molecule has 0 atom stereocenters. The summed E-state index contributed by atoms with van der Waals surface area (Å²) in [6.45, 7) is 2.26. The van der Waals surface area contributed by atoms with Crippen LogP contribution in [0.4, 0.5) is 0 Å². The van der Waals surface area contributed by atoms with Gasteiger partial charge in [-0.2, -0.15) is 0 Å². The lowest BCUT2D eigenvalue weighted by Gasteiger charge is -2.23. The van der Waals surface area contributed by atoms with E-state index in [4.69, 9.17) is 0 Å². The SMILES string of the molecule is CC[P]C1CCC1. The zero-order valence-corrected chi connectivity index (χ0v) is 5.75. The molecule has 7 heavy (non-hydrogen) atoms. The Labute approximate surface area is 47.5 Å². The molecule has 0 nitrogen and oxygen atoms in total. The van der Waals surface area contributed by atoms with Crippen LogP contribution >= 0.6 is 8.58 Å². The minimum absolute atomic E-state index is 1.10. The van der Waals surface area contributed by atoms with Crippen molar-refractivity contribution in [2.75, 3.05) is 6.16 Å². The fourth-order valence-electron chi connectivity index (χ4n) is 0.827. The Kier molecular flexibility index (Phi) is 2.12. The predicted octanol–water partition coefficient (Wildman–Crippen LogP) is 2.51. The Morgan fingerprint density at radius 3 is 2.43 bits per heavy atom. The average molecular weight is 115 g/mol. The van der Waals surface area contributed by atoms with E-state index in [2.05, 4.69) is 6.92 Å². The molecule has 0 bridgehead atoms. The van der Waals surface area contributed by atoms with Crippen LogP contribution in [0, 0.1) is 0 Å². The fourth-order valence-corrected chi connectivity index (χ4v) is 2.07. The van der Waals surface area contributed by atoms with Crippen LogP contribution in [-0.4, -0.2) is 11.8 Å². The van der Waals surface area contributed by atoms with Gasteiger partial charge in [-0.1, -0.05) is 21.9 Å². The summed E-state index contributed by atoms with van der Waals surface area (Å²) in [5.41, 5.74) is 1.10. The van der Waals surface area contributed by atoms with Crippen LogP contribution in [-0.2, 0) is 0 Å². The smallest absolute Gasteiger partial charge is 0.0170 e. The molecule has 0 spiro atoms. The van der Waals surface area contributed by atoms with Gasteiger partial charge in [0.1, 0.15) is 0 Å². The maximum atomic E-state index is 2.26. The number of rotatable bonds is 2. The molecule has 0 aromatic heterocycles. The summed E-state index contributed by atoms with van der Waals surface area (Å²) in [7, 11) is 1.70. The first-order valence-electron chi connectivity index (χ1n) is 3.10. The van der Waals surface area contributed by atoms with Crippen LogP contribution in [0.2, 0.25) is 0 Å². The molecule has 41 valence electrons. The zero-order valence-electron chi connectivity index (χ0n) is 4.85. The molecule has 0 aromatic rings. The van der Waals surface area contributed by atoms with Gasteiger partial charge in [0.15, 0.2) is 0 Å². The van der Waals surface area contributed by atoms with Crippen molar-refractivity contribution in [2.45, 2.75) is 31.8 Å². The molecule has 1 fully saturated rings. The molecule has 0 saturated heterocycles. The highest BCUT2D eigenvalue weighted by Gasteiger charge is 2.15. The van der Waals surface area contributed by atoms with E-state index in [9.17, 15) is 0 Å². The average Bonchev–Trinajstić information content (AvgIpc) is 1.55. The molecule has 0 unspecified atom stereocenters. The summed E-state index contributed by atoms with van der Waals surface area (Å²) < 4.78 is 0. The largest absolute Gasteiger partial charge is 0.0778 e. The molecular formula is C6H12P. The zero-order chi connectivity index (χ0) is 5.11. The molecule has 1 aliphatic rings. The van der Waals surface area contributed by atoms with Crippen molar-refractivity contribution < 1.29 is 0 Å². The van der Waals surface area contributed by atoms with Gasteiger partial charge >= 0.3 is 0 Å². The van der Waals surface area contributed by atoms with Crippen LogP contribution in [0.15, 0.2) is 0 Å². The third-order valence-corrected chi connectivity index (χ3v) is 2.91. The highest BCUT2D eigenvalue weighted by Crippen LogP contribution is 2.35. The molecular weight excluding hydrogens is 103 g/mol. The van der Waals surface area contributed by atoms with Crippen LogP contribution in [0.3, 0.4) is 0 Å². The summed E-state index contributed by atoms with van der Waals surface area (Å²) in [5.74, 6) is 0. The lowest BCUT2D eigenvalue weighted by atomic mass is 10.00. The summed E-state index contributed by atoms with van der Waals surface area (Å²) >= 11 is 0. The first kappa shape index (κ1) is 5.56. The van der Waals surface area contributed by atoms with Crippen molar-refractivity contribution >= 4 is 8.58 Å². The predicted molar refractivity (Wildman–Crippen MR) is 35.1 cm³/mol. The first-order chi connectivity index (χ1) is 3.43. The minimum Gasteiger partial charge on any atom is -0.0778 e. The summed E-state index contributed by atoms with van der Waals surface area (Å²) in [4.78, 5) is 0. The van der Waals surface area contributed by atoms with Gasteiger partial charge in [-0.25, -0.2) is 0 Å². The molecule has 1 aliphatic carbocycles. The fraction of sp³-hybridized carbons (Fsp3) is 1.00. The molecule has 1 rings (SSSR count). The summed E-state index contributed by atoms with van der Waals surface area (Å²) in [6.07, 6.45) is 5.88. The second-order valence-corrected chi connectivity index (χ2v) is 3.81. The van der Waals surface area contributed by atoms with Crippen LogP contribution in [0.1, 0.15) is 26.2 Å². The van der Waals surface area contributed by atoms with Crippen LogP contribution in [0.25, 0.3) is 0 Å². The van der Waals surface area contributed by atoms with Gasteiger partial charge in [-0.15, -0.1) is 0 Å². The Morgan fingerprint density at radius 2 is 2.29 bits per heavy atom. The van der Waals surface area contributed by atoms with Crippen molar-refractivity contribution in [1.29, 1.82) is 0 Å². The van der Waals surface area contributed by atoms with Crippen molar-refractivity contribution in [3.63, 3.8) is 0 Å². The van der Waals surface area contributed by atoms with E-state index < -0.39 is 0 Å². The van der Waals surface area contributed by atoms with E-state index in [1.54, 1.807) is 8.58 Å². The maximum Gasteiger partial charge on any atom is -0.0170 e. The normalized spacial score (nSPS) is 23.6. The molecule has 1 radical (unpaired) electrons. The molecule has 0 N–H and O–H groups in total. The molecule has 0 amide bonds. The van der Waals surface area contributed by atoms with E-state index >= 15 is 0 Å². The van der Waals surface area contributed by atoms with E-state index in [1.807, 2.05) is 0 Å². The Hall–Kier alpha value is 0.430. The van der Waals surface area contributed by atoms with E-state index in [-0.39, 0.29) is 0 Å². The second kappa shape index (κ2) is 2.67. The van der Waals surface area contributed by atoms with Gasteiger partial charge < -0.3 is 0 Å². The topological polar surface area (TPSA) is 0 Å².